The topological polar surface area (TPSA) is 121 Å². The molecule has 0 radical (unpaired) electrons. The van der Waals surface area contributed by atoms with Crippen LogP contribution in [0.4, 0.5) is 0 Å². The summed E-state index contributed by atoms with van der Waals surface area (Å²) >= 11 is 0. The van der Waals surface area contributed by atoms with Crippen LogP contribution in [0.1, 0.15) is 66.6 Å². The first kappa shape index (κ1) is 28.4. The minimum absolute atomic E-state index is 0.0611. The van der Waals surface area contributed by atoms with Gasteiger partial charge in [0.15, 0.2) is 12.9 Å². The van der Waals surface area contributed by atoms with E-state index in [4.69, 9.17) is 15.2 Å². The van der Waals surface area contributed by atoms with Crippen LogP contribution < -0.4 is 10.4 Å². The van der Waals surface area contributed by atoms with E-state index in [0.29, 0.717) is 19.8 Å². The highest BCUT2D eigenvalue weighted by Gasteiger charge is 2.23. The van der Waals surface area contributed by atoms with Gasteiger partial charge in [0.05, 0.1) is 6.54 Å². The molecule has 2 aromatic rings. The van der Waals surface area contributed by atoms with E-state index in [1.54, 1.807) is 38.8 Å². The number of nitrogens with two attached hydrogens (primary N) is 1. The second-order valence-corrected chi connectivity index (χ2v) is 10.6. The first-order valence-corrected chi connectivity index (χ1v) is 12.1. The average molecular weight is 493 g/mol. The normalized spacial score (nSPS) is 12.2. The number of nitrogens with zero attached hydrogens (tertiary/aromatic N) is 6. The lowest BCUT2D eigenvalue weighted by Gasteiger charge is -2.22. The number of unbranched alkanes of at least 4 members (excludes halogenated alkanes) is 2. The Morgan fingerprint density at radius 2 is 1.71 bits per heavy atom. The number of aromatic nitrogens is 5. The maximum Gasteiger partial charge on any atom is 0.351 e. The minimum Gasteiger partial charge on any atom is -0.459 e. The Kier molecular flexibility index (Phi) is 10.4. The Morgan fingerprint density at radius 3 is 2.37 bits per heavy atom. The van der Waals surface area contributed by atoms with Crippen LogP contribution >= 0.6 is 0 Å². The van der Waals surface area contributed by atoms with Gasteiger partial charge in [-0.2, -0.15) is 0 Å². The van der Waals surface area contributed by atoms with Gasteiger partial charge < -0.3 is 19.8 Å². The number of esters is 2. The molecule has 0 atom stereocenters. The van der Waals surface area contributed by atoms with Gasteiger partial charge in [-0.15, -0.1) is 4.68 Å². The van der Waals surface area contributed by atoms with Gasteiger partial charge in [-0.3, -0.25) is 9.69 Å². The molecule has 196 valence electrons. The van der Waals surface area contributed by atoms with Crippen molar-refractivity contribution in [1.29, 1.82) is 0 Å². The number of ether oxygens (including phenoxy) is 2. The summed E-state index contributed by atoms with van der Waals surface area (Å²) in [5.74, 6) is 0.112. The van der Waals surface area contributed by atoms with E-state index in [1.165, 1.54) is 0 Å². The van der Waals surface area contributed by atoms with Crippen molar-refractivity contribution < 1.29 is 23.7 Å². The van der Waals surface area contributed by atoms with E-state index in [2.05, 4.69) is 15.0 Å². The fraction of sp³-hybridized carbons (Fsp3) is 0.708. The molecule has 0 amide bonds. The second kappa shape index (κ2) is 12.8. The molecule has 2 rings (SSSR count). The number of carbonyl (C=O) groups excluding carboxylic acids is 2. The van der Waals surface area contributed by atoms with Crippen molar-refractivity contribution in [3.05, 3.63) is 30.6 Å². The molecule has 11 heteroatoms. The van der Waals surface area contributed by atoms with E-state index in [9.17, 15) is 9.59 Å². The molecule has 0 aliphatic carbocycles. The van der Waals surface area contributed by atoms with E-state index >= 15 is 0 Å². The van der Waals surface area contributed by atoms with Crippen molar-refractivity contribution in [2.24, 2.45) is 5.73 Å². The molecule has 0 aliphatic heterocycles. The summed E-state index contributed by atoms with van der Waals surface area (Å²) in [5, 5.41) is 4.40. The van der Waals surface area contributed by atoms with E-state index in [1.807, 2.05) is 41.5 Å². The zero-order valence-electron chi connectivity index (χ0n) is 22.1. The predicted octanol–water partition coefficient (Wildman–Crippen LogP) is 1.64. The SMILES string of the molecule is CC(C)(C)OC(=O)Cn1ccnc1CN(CCCCCN)Cn1ncc[n+]1CC(=O)OC(C)(C)C. The number of imidazole rings is 1. The average Bonchev–Trinajstić information content (AvgIpc) is 3.31. The summed E-state index contributed by atoms with van der Waals surface area (Å²) in [6.07, 6.45) is 9.79. The van der Waals surface area contributed by atoms with E-state index in [0.717, 1.165) is 31.6 Å². The Labute approximate surface area is 208 Å². The lowest BCUT2D eigenvalue weighted by molar-refractivity contribution is -0.772. The molecule has 2 aromatic heterocycles. The van der Waals surface area contributed by atoms with Gasteiger partial charge in [-0.1, -0.05) is 6.42 Å². The Hall–Kier alpha value is -2.79. The Morgan fingerprint density at radius 1 is 1.03 bits per heavy atom. The van der Waals surface area contributed by atoms with Gasteiger partial charge in [-0.25, -0.2) is 9.78 Å². The Bertz CT molecular complexity index is 870. The molecule has 0 aliphatic rings. The summed E-state index contributed by atoms with van der Waals surface area (Å²) < 4.78 is 14.4. The summed E-state index contributed by atoms with van der Waals surface area (Å²) in [5.41, 5.74) is 4.55. The molecule has 11 nitrogen and oxygen atoms in total. The predicted molar refractivity (Wildman–Crippen MR) is 130 cm³/mol. The lowest BCUT2D eigenvalue weighted by atomic mass is 10.2. The summed E-state index contributed by atoms with van der Waals surface area (Å²) in [6, 6.07) is 0. The molecule has 0 unspecified atom stereocenters. The third kappa shape index (κ3) is 11.0. The monoisotopic (exact) mass is 492 g/mol. The van der Waals surface area contributed by atoms with Crippen molar-refractivity contribution in [1.82, 2.24) is 24.3 Å². The van der Waals surface area contributed by atoms with Gasteiger partial charge in [-0.05, 0) is 65.7 Å². The standard InChI is InChI=1S/C24H42N7O4/c1-23(2,3)34-21(32)17-29-14-11-26-20(29)16-28(13-9-7-8-10-25)19-31-27-12-15-30(31)18-22(33)35-24(4,5)6/h11-12,14-15H,7-10,13,16-19,25H2,1-6H3/q+1. The van der Waals surface area contributed by atoms with Gasteiger partial charge >= 0.3 is 11.9 Å². The quantitative estimate of drug-likeness (QED) is 0.254. The fourth-order valence-electron chi connectivity index (χ4n) is 3.47. The third-order valence-corrected chi connectivity index (χ3v) is 4.84. The van der Waals surface area contributed by atoms with E-state index in [-0.39, 0.29) is 25.0 Å². The molecular weight excluding hydrogens is 450 g/mol. The molecule has 0 saturated carbocycles. The van der Waals surface area contributed by atoms with Crippen molar-refractivity contribution >= 4 is 11.9 Å². The van der Waals surface area contributed by atoms with Crippen molar-refractivity contribution in [2.75, 3.05) is 13.1 Å². The van der Waals surface area contributed by atoms with Gasteiger partial charge in [0.25, 0.3) is 0 Å². The molecular formula is C24H42N7O4+. The number of hydrogen-bond acceptors (Lipinski definition) is 8. The molecule has 0 bridgehead atoms. The summed E-state index contributed by atoms with van der Waals surface area (Å²) in [6.45, 7) is 13.6. The van der Waals surface area contributed by atoms with Crippen molar-refractivity contribution in [2.45, 2.75) is 98.3 Å². The van der Waals surface area contributed by atoms with Crippen molar-refractivity contribution in [3.8, 4) is 0 Å². The van der Waals surface area contributed by atoms with Gasteiger partial charge in [0.2, 0.25) is 12.7 Å². The highest BCUT2D eigenvalue weighted by atomic mass is 16.6. The largest absolute Gasteiger partial charge is 0.459 e. The molecule has 2 heterocycles. The van der Waals surface area contributed by atoms with Crippen LogP contribution in [0.25, 0.3) is 0 Å². The highest BCUT2D eigenvalue weighted by molar-refractivity contribution is 5.69. The first-order valence-electron chi connectivity index (χ1n) is 12.1. The third-order valence-electron chi connectivity index (χ3n) is 4.84. The minimum atomic E-state index is -0.553. The van der Waals surface area contributed by atoms with Crippen LogP contribution in [0.2, 0.25) is 0 Å². The smallest absolute Gasteiger partial charge is 0.351 e. The molecule has 0 spiro atoms. The first-order chi connectivity index (χ1) is 16.4. The summed E-state index contributed by atoms with van der Waals surface area (Å²) in [7, 11) is 0. The number of carbonyl (C=O) groups is 2. The fourth-order valence-corrected chi connectivity index (χ4v) is 3.47. The molecule has 2 N–H and O–H groups in total. The van der Waals surface area contributed by atoms with Crippen LogP contribution in [-0.4, -0.2) is 60.6 Å². The zero-order valence-corrected chi connectivity index (χ0v) is 22.1. The number of rotatable bonds is 13. The van der Waals surface area contributed by atoms with Crippen LogP contribution in [0.15, 0.2) is 24.8 Å². The van der Waals surface area contributed by atoms with Gasteiger partial charge in [0.1, 0.15) is 23.6 Å². The van der Waals surface area contributed by atoms with Gasteiger partial charge in [0, 0.05) is 24.0 Å². The van der Waals surface area contributed by atoms with Crippen LogP contribution in [0, 0.1) is 0 Å². The second-order valence-electron chi connectivity index (χ2n) is 10.6. The molecule has 35 heavy (non-hydrogen) atoms. The summed E-state index contributed by atoms with van der Waals surface area (Å²) in [4.78, 5) is 33.1. The molecule has 0 fully saturated rings. The van der Waals surface area contributed by atoms with Crippen LogP contribution in [-0.2, 0) is 45.4 Å². The van der Waals surface area contributed by atoms with Crippen LogP contribution in [0.3, 0.4) is 0 Å². The van der Waals surface area contributed by atoms with Crippen molar-refractivity contribution in [3.63, 3.8) is 0 Å². The Balaban J connectivity index is 2.11. The maximum absolute atomic E-state index is 12.4. The van der Waals surface area contributed by atoms with E-state index < -0.39 is 11.2 Å². The molecule has 0 aromatic carbocycles. The zero-order chi connectivity index (χ0) is 26.1. The lowest BCUT2D eigenvalue weighted by Crippen LogP contribution is -2.50. The van der Waals surface area contributed by atoms with Crippen LogP contribution in [0.5, 0.6) is 0 Å². The highest BCUT2D eigenvalue weighted by Crippen LogP contribution is 2.11. The molecule has 0 saturated heterocycles. The number of hydrogen-bond donors (Lipinski definition) is 1. The maximum atomic E-state index is 12.4.